The van der Waals surface area contributed by atoms with Gasteiger partial charge >= 0.3 is 0 Å². The Labute approximate surface area is 157 Å². The number of nitrogens with zero attached hydrogens (tertiary/aromatic N) is 2. The van der Waals surface area contributed by atoms with Crippen LogP contribution in [0.3, 0.4) is 0 Å². The third-order valence-corrected chi connectivity index (χ3v) is 3.80. The number of methoxy groups -OCH3 is 1. The normalized spacial score (nSPS) is 10.7. The van der Waals surface area contributed by atoms with Crippen molar-refractivity contribution in [3.63, 3.8) is 0 Å². The maximum Gasteiger partial charge on any atom is 0.262 e. The molecule has 0 atom stereocenters. The Morgan fingerprint density at radius 2 is 1.74 bits per heavy atom. The number of anilines is 1. The minimum atomic E-state index is -0.247. The minimum Gasteiger partial charge on any atom is -0.497 e. The molecular weight excluding hydrogens is 346 g/mol. The molecule has 1 heterocycles. The summed E-state index contributed by atoms with van der Waals surface area (Å²) in [6.45, 7) is 3.91. The summed E-state index contributed by atoms with van der Waals surface area (Å²) in [5, 5.41) is 6.71. The van der Waals surface area contributed by atoms with Gasteiger partial charge in [-0.1, -0.05) is 19.0 Å². The van der Waals surface area contributed by atoms with Crippen molar-refractivity contribution in [3.05, 3.63) is 54.4 Å². The molecule has 7 nitrogen and oxygen atoms in total. The molecule has 0 saturated heterocycles. The average Bonchev–Trinajstić information content (AvgIpc) is 3.18. The highest BCUT2D eigenvalue weighted by atomic mass is 16.5. The van der Waals surface area contributed by atoms with Crippen molar-refractivity contribution in [1.29, 1.82) is 0 Å². The molecule has 7 heteroatoms. The minimum absolute atomic E-state index is 0.0938. The van der Waals surface area contributed by atoms with Crippen LogP contribution in [0.2, 0.25) is 0 Å². The molecule has 140 valence electrons. The van der Waals surface area contributed by atoms with Crippen LogP contribution < -0.4 is 14.8 Å². The van der Waals surface area contributed by atoms with Crippen LogP contribution in [-0.4, -0.2) is 29.8 Å². The van der Waals surface area contributed by atoms with E-state index in [-0.39, 0.29) is 18.4 Å². The molecule has 0 spiro atoms. The Balaban J connectivity index is 1.53. The van der Waals surface area contributed by atoms with Gasteiger partial charge in [0.05, 0.1) is 7.11 Å². The van der Waals surface area contributed by atoms with Gasteiger partial charge in [-0.2, -0.15) is 4.98 Å². The highest BCUT2D eigenvalue weighted by molar-refractivity contribution is 5.91. The monoisotopic (exact) mass is 367 g/mol. The molecule has 0 aliphatic rings. The second-order valence-corrected chi connectivity index (χ2v) is 6.20. The molecule has 3 aromatic rings. The fraction of sp³-hybridized carbons (Fsp3) is 0.250. The van der Waals surface area contributed by atoms with E-state index in [1.165, 1.54) is 0 Å². The molecule has 2 aromatic carbocycles. The summed E-state index contributed by atoms with van der Waals surface area (Å²) in [4.78, 5) is 16.3. The summed E-state index contributed by atoms with van der Waals surface area (Å²) in [6.07, 6.45) is 0. The van der Waals surface area contributed by atoms with Gasteiger partial charge < -0.3 is 19.3 Å². The summed E-state index contributed by atoms with van der Waals surface area (Å²) >= 11 is 0. The fourth-order valence-corrected chi connectivity index (χ4v) is 2.30. The first-order chi connectivity index (χ1) is 13.0. The molecule has 0 bridgehead atoms. The Morgan fingerprint density at radius 1 is 1.07 bits per heavy atom. The van der Waals surface area contributed by atoms with E-state index in [0.29, 0.717) is 23.2 Å². The molecule has 1 N–H and O–H groups in total. The lowest BCUT2D eigenvalue weighted by Crippen LogP contribution is -2.20. The lowest BCUT2D eigenvalue weighted by Gasteiger charge is -2.08. The van der Waals surface area contributed by atoms with Gasteiger partial charge in [0.25, 0.3) is 11.8 Å². The topological polar surface area (TPSA) is 86.5 Å². The van der Waals surface area contributed by atoms with Gasteiger partial charge in [-0.25, -0.2) is 0 Å². The average molecular weight is 367 g/mol. The Bertz CT molecular complexity index is 886. The van der Waals surface area contributed by atoms with Crippen molar-refractivity contribution < 1.29 is 18.8 Å². The lowest BCUT2D eigenvalue weighted by molar-refractivity contribution is -0.118. The van der Waals surface area contributed by atoms with Crippen LogP contribution in [-0.2, 0) is 4.79 Å². The first-order valence-corrected chi connectivity index (χ1v) is 8.56. The first kappa shape index (κ1) is 18.4. The summed E-state index contributed by atoms with van der Waals surface area (Å²) in [6, 6.07) is 14.2. The van der Waals surface area contributed by atoms with E-state index in [0.717, 1.165) is 11.3 Å². The Morgan fingerprint density at radius 3 is 2.33 bits per heavy atom. The molecule has 1 aromatic heterocycles. The molecule has 1 amide bonds. The summed E-state index contributed by atoms with van der Waals surface area (Å²) in [7, 11) is 1.59. The number of rotatable bonds is 7. The molecule has 0 radical (unpaired) electrons. The summed E-state index contributed by atoms with van der Waals surface area (Å²) in [5.41, 5.74) is 1.47. The zero-order valence-electron chi connectivity index (χ0n) is 15.4. The van der Waals surface area contributed by atoms with E-state index < -0.39 is 0 Å². The van der Waals surface area contributed by atoms with Crippen molar-refractivity contribution >= 4 is 11.6 Å². The van der Waals surface area contributed by atoms with Gasteiger partial charge in [0.1, 0.15) is 11.5 Å². The van der Waals surface area contributed by atoms with Gasteiger partial charge in [0.15, 0.2) is 12.4 Å². The highest BCUT2D eigenvalue weighted by Gasteiger charge is 2.11. The molecule has 27 heavy (non-hydrogen) atoms. The van der Waals surface area contributed by atoms with Crippen LogP contribution in [0, 0.1) is 0 Å². The van der Waals surface area contributed by atoms with Crippen molar-refractivity contribution in [1.82, 2.24) is 10.1 Å². The number of benzene rings is 2. The standard InChI is InChI=1S/C20H21N3O4/c1-13(2)19-22-20(27-23-19)14-4-8-17(9-5-14)26-12-18(24)21-15-6-10-16(25-3)11-7-15/h4-11,13H,12H2,1-3H3,(H,21,24). The molecule has 0 aliphatic carbocycles. The van der Waals surface area contributed by atoms with Gasteiger partial charge in [0.2, 0.25) is 0 Å². The van der Waals surface area contributed by atoms with E-state index in [1.54, 1.807) is 43.5 Å². The SMILES string of the molecule is COc1ccc(NC(=O)COc2ccc(-c3nc(C(C)C)no3)cc2)cc1. The number of hydrogen-bond donors (Lipinski definition) is 1. The second-order valence-electron chi connectivity index (χ2n) is 6.20. The van der Waals surface area contributed by atoms with Crippen LogP contribution in [0.25, 0.3) is 11.5 Å². The number of hydrogen-bond acceptors (Lipinski definition) is 6. The van der Waals surface area contributed by atoms with E-state index in [9.17, 15) is 4.79 Å². The summed E-state index contributed by atoms with van der Waals surface area (Å²) in [5.74, 6) is 2.39. The number of aromatic nitrogens is 2. The molecule has 0 unspecified atom stereocenters. The Hall–Kier alpha value is -3.35. The van der Waals surface area contributed by atoms with E-state index in [4.69, 9.17) is 14.0 Å². The van der Waals surface area contributed by atoms with Crippen molar-refractivity contribution in [2.24, 2.45) is 0 Å². The first-order valence-electron chi connectivity index (χ1n) is 8.56. The predicted octanol–water partition coefficient (Wildman–Crippen LogP) is 3.89. The van der Waals surface area contributed by atoms with Crippen LogP contribution >= 0.6 is 0 Å². The number of carbonyl (C=O) groups excluding carboxylic acids is 1. The van der Waals surface area contributed by atoms with Gasteiger partial charge in [-0.3, -0.25) is 4.79 Å². The van der Waals surface area contributed by atoms with Crippen LogP contribution in [0.1, 0.15) is 25.6 Å². The van der Waals surface area contributed by atoms with Gasteiger partial charge in [0, 0.05) is 17.2 Å². The van der Waals surface area contributed by atoms with Crippen molar-refractivity contribution in [3.8, 4) is 23.0 Å². The third kappa shape index (κ3) is 4.84. The highest BCUT2D eigenvalue weighted by Crippen LogP contribution is 2.22. The lowest BCUT2D eigenvalue weighted by atomic mass is 10.2. The Kier molecular flexibility index (Phi) is 5.71. The smallest absolute Gasteiger partial charge is 0.262 e. The predicted molar refractivity (Wildman–Crippen MR) is 101 cm³/mol. The zero-order chi connectivity index (χ0) is 19.2. The van der Waals surface area contributed by atoms with Gasteiger partial charge in [-0.15, -0.1) is 0 Å². The number of ether oxygens (including phenoxy) is 2. The van der Waals surface area contributed by atoms with Crippen molar-refractivity contribution in [2.45, 2.75) is 19.8 Å². The zero-order valence-corrected chi connectivity index (χ0v) is 15.4. The number of nitrogens with one attached hydrogen (secondary N) is 1. The quantitative estimate of drug-likeness (QED) is 0.682. The largest absolute Gasteiger partial charge is 0.497 e. The maximum atomic E-state index is 12.0. The van der Waals surface area contributed by atoms with E-state index >= 15 is 0 Å². The maximum absolute atomic E-state index is 12.0. The van der Waals surface area contributed by atoms with Crippen LogP contribution in [0.5, 0.6) is 11.5 Å². The number of amides is 1. The van der Waals surface area contributed by atoms with Crippen LogP contribution in [0.15, 0.2) is 53.1 Å². The van der Waals surface area contributed by atoms with E-state index in [1.807, 2.05) is 26.0 Å². The van der Waals surface area contributed by atoms with Crippen LogP contribution in [0.4, 0.5) is 5.69 Å². The third-order valence-electron chi connectivity index (χ3n) is 3.80. The molecule has 0 fully saturated rings. The van der Waals surface area contributed by atoms with Crippen molar-refractivity contribution in [2.75, 3.05) is 19.0 Å². The molecule has 0 aliphatic heterocycles. The molecular formula is C20H21N3O4. The fourth-order valence-electron chi connectivity index (χ4n) is 2.30. The number of carbonyl (C=O) groups is 1. The summed E-state index contributed by atoms with van der Waals surface area (Å²) < 4.78 is 15.9. The molecule has 3 rings (SSSR count). The molecule has 0 saturated carbocycles. The van der Waals surface area contributed by atoms with Gasteiger partial charge in [-0.05, 0) is 48.5 Å². The second kappa shape index (κ2) is 8.35. The van der Waals surface area contributed by atoms with E-state index in [2.05, 4.69) is 15.5 Å².